The fourth-order valence-electron chi connectivity index (χ4n) is 3.79. The van der Waals surface area contributed by atoms with Gasteiger partial charge in [-0.1, -0.05) is 54.0 Å². The summed E-state index contributed by atoms with van der Waals surface area (Å²) in [5.74, 6) is 5.89. The molecular weight excluding hydrogens is 364 g/mol. The van der Waals surface area contributed by atoms with Crippen molar-refractivity contribution < 1.29 is 9.84 Å². The summed E-state index contributed by atoms with van der Waals surface area (Å²) in [6.07, 6.45) is 3.68. The third-order valence-corrected chi connectivity index (χ3v) is 6.21. The van der Waals surface area contributed by atoms with E-state index >= 15 is 0 Å². The first kappa shape index (κ1) is 17.9. The second-order valence-corrected chi connectivity index (χ2v) is 8.13. The van der Waals surface area contributed by atoms with Crippen LogP contribution >= 0.6 is 11.3 Å². The van der Waals surface area contributed by atoms with Gasteiger partial charge in [-0.2, -0.15) is 14.6 Å². The Labute approximate surface area is 160 Å². The Balaban J connectivity index is 1.77. The summed E-state index contributed by atoms with van der Waals surface area (Å²) in [5, 5.41) is 10.1. The molecule has 1 aromatic carbocycles. The molecule has 3 N–H and O–H groups in total. The number of aliphatic hydroxyl groups excluding tert-OH is 1. The molecule has 1 aliphatic carbocycles. The fraction of sp³-hybridized carbons (Fsp3) is 0.421. The van der Waals surface area contributed by atoms with E-state index < -0.39 is 5.41 Å². The van der Waals surface area contributed by atoms with Crippen LogP contribution in [0.3, 0.4) is 0 Å². The lowest BCUT2D eigenvalue weighted by Crippen LogP contribution is -2.29. The first-order valence-electron chi connectivity index (χ1n) is 9.01. The van der Waals surface area contributed by atoms with E-state index in [0.717, 1.165) is 52.8 Å². The van der Waals surface area contributed by atoms with Gasteiger partial charge in [0.2, 0.25) is 0 Å². The lowest BCUT2D eigenvalue weighted by atomic mass is 9.83. The molecule has 8 heteroatoms. The molecule has 27 heavy (non-hydrogen) atoms. The summed E-state index contributed by atoms with van der Waals surface area (Å²) in [4.78, 5) is 20.8. The molecule has 2 heterocycles. The molecular formula is C19H22N4O3S. The second-order valence-electron chi connectivity index (χ2n) is 7.17. The summed E-state index contributed by atoms with van der Waals surface area (Å²) in [6, 6.07) is 8.18. The van der Waals surface area contributed by atoms with Crippen LogP contribution in [0.5, 0.6) is 6.01 Å². The molecule has 4 rings (SSSR count). The number of aliphatic hydroxyl groups is 1. The lowest BCUT2D eigenvalue weighted by Gasteiger charge is -2.26. The number of benzene rings is 1. The van der Waals surface area contributed by atoms with Crippen molar-refractivity contribution in [1.29, 1.82) is 0 Å². The number of nitrogens with two attached hydrogens (primary N) is 1. The van der Waals surface area contributed by atoms with E-state index in [1.165, 1.54) is 0 Å². The van der Waals surface area contributed by atoms with Crippen molar-refractivity contribution in [3.8, 4) is 6.01 Å². The quantitative estimate of drug-likeness (QED) is 0.652. The van der Waals surface area contributed by atoms with Crippen molar-refractivity contribution in [3.63, 3.8) is 0 Å². The van der Waals surface area contributed by atoms with Crippen LogP contribution in [0.25, 0.3) is 10.3 Å². The summed E-state index contributed by atoms with van der Waals surface area (Å²) >= 11 is 1.02. The normalized spacial score (nSPS) is 16.1. The lowest BCUT2D eigenvalue weighted by molar-refractivity contribution is 0.191. The molecule has 1 fully saturated rings. The second kappa shape index (κ2) is 6.94. The van der Waals surface area contributed by atoms with Gasteiger partial charge in [0, 0.05) is 5.41 Å². The Morgan fingerprint density at radius 3 is 2.81 bits per heavy atom. The molecule has 0 bridgehead atoms. The fourth-order valence-corrected chi connectivity index (χ4v) is 4.75. The SMILES string of the molecule is Cc1cccc(COc2nc(C3(CO)CCCC3)c3sc(=O)n(N)c3n2)c1. The summed E-state index contributed by atoms with van der Waals surface area (Å²) in [7, 11) is 0. The third kappa shape index (κ3) is 3.19. The van der Waals surface area contributed by atoms with Gasteiger partial charge in [0.25, 0.3) is 0 Å². The average molecular weight is 386 g/mol. The molecule has 0 amide bonds. The molecule has 2 aromatic heterocycles. The van der Waals surface area contributed by atoms with Crippen LogP contribution in [0.15, 0.2) is 29.1 Å². The maximum Gasteiger partial charge on any atom is 0.327 e. The molecule has 0 atom stereocenters. The van der Waals surface area contributed by atoms with Gasteiger partial charge in [0.1, 0.15) is 6.61 Å². The molecule has 1 aliphatic rings. The van der Waals surface area contributed by atoms with Crippen LogP contribution in [0.4, 0.5) is 0 Å². The van der Waals surface area contributed by atoms with Gasteiger partial charge >= 0.3 is 10.9 Å². The van der Waals surface area contributed by atoms with Crippen LogP contribution in [0, 0.1) is 6.92 Å². The van der Waals surface area contributed by atoms with Crippen LogP contribution in [0.2, 0.25) is 0 Å². The van der Waals surface area contributed by atoms with Gasteiger partial charge < -0.3 is 15.7 Å². The van der Waals surface area contributed by atoms with Crippen LogP contribution in [-0.2, 0) is 12.0 Å². The number of aryl methyl sites for hydroxylation is 1. The highest BCUT2D eigenvalue weighted by molar-refractivity contribution is 7.16. The van der Waals surface area contributed by atoms with E-state index in [2.05, 4.69) is 9.97 Å². The molecule has 3 aromatic rings. The molecule has 0 saturated heterocycles. The highest BCUT2D eigenvalue weighted by atomic mass is 32.1. The predicted molar refractivity (Wildman–Crippen MR) is 105 cm³/mol. The number of thiazole rings is 1. The summed E-state index contributed by atoms with van der Waals surface area (Å²) in [6.45, 7) is 2.32. The van der Waals surface area contributed by atoms with Gasteiger partial charge in [-0.15, -0.1) is 0 Å². The number of hydrogen-bond acceptors (Lipinski definition) is 7. The van der Waals surface area contributed by atoms with E-state index in [-0.39, 0.29) is 17.5 Å². The number of aromatic nitrogens is 3. The van der Waals surface area contributed by atoms with E-state index in [1.807, 2.05) is 31.2 Å². The minimum absolute atomic E-state index is 0.0207. The standard InChI is InChI=1S/C19H22N4O3S/c1-12-5-4-6-13(9-12)10-26-17-21-15(19(11-24)7-2-3-8-19)14-16(22-17)23(20)18(25)27-14/h4-6,9,24H,2-3,7-8,10-11,20H2,1H3. The molecule has 142 valence electrons. The summed E-state index contributed by atoms with van der Waals surface area (Å²) < 4.78 is 7.51. The van der Waals surface area contributed by atoms with Crippen molar-refractivity contribution in [3.05, 3.63) is 50.8 Å². The number of fused-ring (bicyclic) bond motifs is 1. The van der Waals surface area contributed by atoms with E-state index in [9.17, 15) is 9.90 Å². The smallest absolute Gasteiger partial charge is 0.327 e. The Morgan fingerprint density at radius 2 is 2.11 bits per heavy atom. The van der Waals surface area contributed by atoms with Crippen molar-refractivity contribution >= 4 is 21.7 Å². The largest absolute Gasteiger partial charge is 0.459 e. The molecule has 7 nitrogen and oxygen atoms in total. The number of rotatable bonds is 5. The van der Waals surface area contributed by atoms with E-state index in [4.69, 9.17) is 10.6 Å². The van der Waals surface area contributed by atoms with Crippen LogP contribution in [0.1, 0.15) is 42.5 Å². The zero-order valence-electron chi connectivity index (χ0n) is 15.1. The van der Waals surface area contributed by atoms with Gasteiger partial charge in [0.05, 0.1) is 17.0 Å². The monoisotopic (exact) mass is 386 g/mol. The van der Waals surface area contributed by atoms with Gasteiger partial charge in [0.15, 0.2) is 5.65 Å². The number of nitrogens with zero attached hydrogens (tertiary/aromatic N) is 3. The third-order valence-electron chi connectivity index (χ3n) is 5.26. The molecule has 1 saturated carbocycles. The summed E-state index contributed by atoms with van der Waals surface area (Å²) in [5.41, 5.74) is 2.72. The molecule has 0 unspecified atom stereocenters. The van der Waals surface area contributed by atoms with Crippen molar-refractivity contribution in [2.75, 3.05) is 12.4 Å². The Hall–Kier alpha value is -2.45. The number of nitrogen functional groups attached to an aromatic ring is 1. The average Bonchev–Trinajstić information content (AvgIpc) is 3.26. The van der Waals surface area contributed by atoms with Crippen LogP contribution in [-0.4, -0.2) is 26.4 Å². The van der Waals surface area contributed by atoms with Crippen molar-refractivity contribution in [1.82, 2.24) is 14.6 Å². The first-order chi connectivity index (χ1) is 13.0. The van der Waals surface area contributed by atoms with Gasteiger partial charge in [-0.05, 0) is 25.3 Å². The van der Waals surface area contributed by atoms with Crippen LogP contribution < -0.4 is 15.5 Å². The Morgan fingerprint density at radius 1 is 1.33 bits per heavy atom. The minimum Gasteiger partial charge on any atom is -0.459 e. The van der Waals surface area contributed by atoms with E-state index in [0.29, 0.717) is 22.6 Å². The highest BCUT2D eigenvalue weighted by Crippen LogP contribution is 2.43. The van der Waals surface area contributed by atoms with Gasteiger partial charge in [-0.3, -0.25) is 4.79 Å². The van der Waals surface area contributed by atoms with Crippen molar-refractivity contribution in [2.45, 2.75) is 44.6 Å². The maximum absolute atomic E-state index is 12.1. The Kier molecular flexibility index (Phi) is 4.61. The molecule has 0 aliphatic heterocycles. The predicted octanol–water partition coefficient (Wildman–Crippen LogP) is 2.26. The highest BCUT2D eigenvalue weighted by Gasteiger charge is 2.39. The molecule has 0 radical (unpaired) electrons. The first-order valence-corrected chi connectivity index (χ1v) is 9.82. The minimum atomic E-state index is -0.465. The number of ether oxygens (including phenoxy) is 1. The topological polar surface area (TPSA) is 103 Å². The zero-order chi connectivity index (χ0) is 19.0. The maximum atomic E-state index is 12.1. The molecule has 0 spiro atoms. The van der Waals surface area contributed by atoms with E-state index in [1.54, 1.807) is 0 Å². The Bertz CT molecular complexity index is 1040. The number of hydrogen-bond donors (Lipinski definition) is 2. The van der Waals surface area contributed by atoms with Crippen molar-refractivity contribution in [2.24, 2.45) is 0 Å². The van der Waals surface area contributed by atoms with Gasteiger partial charge in [-0.25, -0.2) is 0 Å². The zero-order valence-corrected chi connectivity index (χ0v) is 16.0.